The van der Waals surface area contributed by atoms with E-state index >= 15 is 0 Å². The molecular weight excluding hydrogens is 216 g/mol. The van der Waals surface area contributed by atoms with Gasteiger partial charge in [0.2, 0.25) is 5.56 Å². The van der Waals surface area contributed by atoms with Crippen LogP contribution in [0.1, 0.15) is 17.8 Å². The number of H-pyrrole nitrogens is 2. The molecule has 1 aliphatic rings. The average Bonchev–Trinajstić information content (AvgIpc) is 2.72. The maximum Gasteiger partial charge on any atom is 0.248 e. The number of nitrogens with zero attached hydrogens (tertiary/aromatic N) is 1. The van der Waals surface area contributed by atoms with Gasteiger partial charge in [0.1, 0.15) is 5.82 Å². The summed E-state index contributed by atoms with van der Waals surface area (Å²) in [5.74, 6) is 0.759. The fraction of sp³-hybridized carbons (Fsp3) is 0.333. The molecule has 2 heterocycles. The molecule has 2 aromatic heterocycles. The van der Waals surface area contributed by atoms with Crippen LogP contribution < -0.4 is 11.3 Å². The Morgan fingerprint density at radius 2 is 2.35 bits per heavy atom. The average molecular weight is 230 g/mol. The predicted molar refractivity (Wildman–Crippen MR) is 64.6 cm³/mol. The Morgan fingerprint density at radius 1 is 1.47 bits per heavy atom. The summed E-state index contributed by atoms with van der Waals surface area (Å²) in [4.78, 5) is 21.6. The van der Waals surface area contributed by atoms with Crippen LogP contribution in [0, 0.1) is 0 Å². The lowest BCUT2D eigenvalue weighted by molar-refractivity contribution is 0.565. The summed E-state index contributed by atoms with van der Waals surface area (Å²) in [6, 6.07) is 3.60. The van der Waals surface area contributed by atoms with Gasteiger partial charge in [-0.2, -0.15) is 0 Å². The van der Waals surface area contributed by atoms with Gasteiger partial charge in [0.15, 0.2) is 0 Å². The van der Waals surface area contributed by atoms with Gasteiger partial charge in [0.05, 0.1) is 5.69 Å². The van der Waals surface area contributed by atoms with Crippen LogP contribution in [0.15, 0.2) is 23.1 Å². The van der Waals surface area contributed by atoms with Crippen molar-refractivity contribution in [2.45, 2.75) is 25.3 Å². The molecule has 1 aliphatic carbocycles. The molecule has 0 aromatic carbocycles. The second-order valence-electron chi connectivity index (χ2n) is 4.46. The largest absolute Gasteiger partial charge is 0.342 e. The molecular formula is C12H14N4O. The number of hydrogen-bond donors (Lipinski definition) is 3. The van der Waals surface area contributed by atoms with Crippen molar-refractivity contribution in [1.29, 1.82) is 0 Å². The van der Waals surface area contributed by atoms with Crippen LogP contribution in [-0.4, -0.2) is 21.0 Å². The smallest absolute Gasteiger partial charge is 0.248 e. The third-order valence-electron chi connectivity index (χ3n) is 3.13. The molecule has 4 N–H and O–H groups in total. The number of pyridine rings is 1. The third kappa shape index (κ3) is 1.89. The molecule has 0 amide bonds. The molecule has 1 atom stereocenters. The van der Waals surface area contributed by atoms with Gasteiger partial charge in [-0.3, -0.25) is 4.79 Å². The molecule has 5 nitrogen and oxygen atoms in total. The Hall–Kier alpha value is -1.88. The SMILES string of the molecule is NC1CCc2nc(-c3cc[nH]c(=O)c3)[nH]c2C1. The molecule has 1 unspecified atom stereocenters. The summed E-state index contributed by atoms with van der Waals surface area (Å²) in [6.07, 6.45) is 4.36. The molecule has 0 fully saturated rings. The van der Waals surface area contributed by atoms with Gasteiger partial charge in [-0.05, 0) is 18.9 Å². The van der Waals surface area contributed by atoms with Gasteiger partial charge in [0.25, 0.3) is 0 Å². The number of nitrogens with one attached hydrogen (secondary N) is 2. The van der Waals surface area contributed by atoms with Crippen LogP contribution in [0.2, 0.25) is 0 Å². The number of aromatic nitrogens is 3. The number of nitrogens with two attached hydrogens (primary N) is 1. The molecule has 2 aromatic rings. The first-order valence-electron chi connectivity index (χ1n) is 5.75. The van der Waals surface area contributed by atoms with E-state index in [-0.39, 0.29) is 11.6 Å². The van der Waals surface area contributed by atoms with Crippen molar-refractivity contribution in [2.24, 2.45) is 5.73 Å². The monoisotopic (exact) mass is 230 g/mol. The zero-order chi connectivity index (χ0) is 11.8. The van der Waals surface area contributed by atoms with Crippen molar-refractivity contribution in [2.75, 3.05) is 0 Å². The summed E-state index contributed by atoms with van der Waals surface area (Å²) in [5.41, 5.74) is 8.81. The summed E-state index contributed by atoms with van der Waals surface area (Å²) in [5, 5.41) is 0. The van der Waals surface area contributed by atoms with E-state index in [1.54, 1.807) is 12.3 Å². The highest BCUT2D eigenvalue weighted by Crippen LogP contribution is 2.22. The van der Waals surface area contributed by atoms with Crippen molar-refractivity contribution < 1.29 is 0 Å². The van der Waals surface area contributed by atoms with Crippen LogP contribution in [0.5, 0.6) is 0 Å². The van der Waals surface area contributed by atoms with E-state index in [4.69, 9.17) is 5.73 Å². The van der Waals surface area contributed by atoms with Gasteiger partial charge in [-0.15, -0.1) is 0 Å². The normalized spacial score (nSPS) is 19.0. The Labute approximate surface area is 98.1 Å². The fourth-order valence-corrected chi connectivity index (χ4v) is 2.24. The molecule has 3 rings (SSSR count). The fourth-order valence-electron chi connectivity index (χ4n) is 2.24. The summed E-state index contributed by atoms with van der Waals surface area (Å²) in [6.45, 7) is 0. The quantitative estimate of drug-likeness (QED) is 0.669. The van der Waals surface area contributed by atoms with Crippen LogP contribution in [-0.2, 0) is 12.8 Å². The minimum Gasteiger partial charge on any atom is -0.342 e. The number of aromatic amines is 2. The molecule has 0 saturated heterocycles. The van der Waals surface area contributed by atoms with E-state index in [2.05, 4.69) is 15.0 Å². The Balaban J connectivity index is 2.03. The summed E-state index contributed by atoms with van der Waals surface area (Å²) >= 11 is 0. The highest BCUT2D eigenvalue weighted by Gasteiger charge is 2.19. The predicted octanol–water partition coefficient (Wildman–Crippen LogP) is 0.581. The molecule has 0 radical (unpaired) electrons. The molecule has 17 heavy (non-hydrogen) atoms. The molecule has 88 valence electrons. The van der Waals surface area contributed by atoms with Crippen molar-refractivity contribution in [1.82, 2.24) is 15.0 Å². The van der Waals surface area contributed by atoms with E-state index in [0.717, 1.165) is 42.0 Å². The number of hydrogen-bond acceptors (Lipinski definition) is 3. The highest BCUT2D eigenvalue weighted by atomic mass is 16.1. The van der Waals surface area contributed by atoms with Crippen LogP contribution in [0.4, 0.5) is 0 Å². The molecule has 0 spiro atoms. The van der Waals surface area contributed by atoms with Gasteiger partial charge < -0.3 is 15.7 Å². The van der Waals surface area contributed by atoms with Gasteiger partial charge >= 0.3 is 0 Å². The minimum atomic E-state index is -0.117. The maximum atomic E-state index is 11.2. The first kappa shape index (κ1) is 10.3. The maximum absolute atomic E-state index is 11.2. The van der Waals surface area contributed by atoms with Gasteiger partial charge in [-0.25, -0.2) is 4.98 Å². The topological polar surface area (TPSA) is 87.6 Å². The van der Waals surface area contributed by atoms with Crippen molar-refractivity contribution in [3.05, 3.63) is 40.1 Å². The Bertz CT molecular complexity index is 599. The highest BCUT2D eigenvalue weighted by molar-refractivity contribution is 5.55. The second kappa shape index (κ2) is 3.85. The van der Waals surface area contributed by atoms with Gasteiger partial charge in [0, 0.05) is 36.0 Å². The molecule has 0 bridgehead atoms. The van der Waals surface area contributed by atoms with Crippen molar-refractivity contribution >= 4 is 0 Å². The molecule has 0 aliphatic heterocycles. The zero-order valence-electron chi connectivity index (χ0n) is 9.36. The summed E-state index contributed by atoms with van der Waals surface area (Å²) < 4.78 is 0. The first-order valence-corrected chi connectivity index (χ1v) is 5.75. The van der Waals surface area contributed by atoms with E-state index in [0.29, 0.717) is 0 Å². The summed E-state index contributed by atoms with van der Waals surface area (Å²) in [7, 11) is 0. The Kier molecular flexibility index (Phi) is 2.33. The lowest BCUT2D eigenvalue weighted by Gasteiger charge is -2.15. The lowest BCUT2D eigenvalue weighted by atomic mass is 9.97. The van der Waals surface area contributed by atoms with Crippen molar-refractivity contribution in [3.63, 3.8) is 0 Å². The van der Waals surface area contributed by atoms with Crippen LogP contribution in [0.3, 0.4) is 0 Å². The van der Waals surface area contributed by atoms with E-state index in [9.17, 15) is 4.79 Å². The number of aryl methyl sites for hydroxylation is 1. The standard InChI is InChI=1S/C12H14N4O/c13-8-1-2-9-10(6-8)16-12(15-9)7-3-4-14-11(17)5-7/h3-5,8H,1-2,6,13H2,(H,14,17)(H,15,16). The number of imidazole rings is 1. The first-order chi connectivity index (χ1) is 8.22. The van der Waals surface area contributed by atoms with Crippen molar-refractivity contribution in [3.8, 4) is 11.4 Å². The number of rotatable bonds is 1. The third-order valence-corrected chi connectivity index (χ3v) is 3.13. The second-order valence-corrected chi connectivity index (χ2v) is 4.46. The Morgan fingerprint density at radius 3 is 3.18 bits per heavy atom. The van der Waals surface area contributed by atoms with Crippen LogP contribution >= 0.6 is 0 Å². The minimum absolute atomic E-state index is 0.117. The lowest BCUT2D eigenvalue weighted by Crippen LogP contribution is -2.27. The molecule has 0 saturated carbocycles. The molecule has 5 heteroatoms. The number of fused-ring (bicyclic) bond motifs is 1. The van der Waals surface area contributed by atoms with Crippen LogP contribution in [0.25, 0.3) is 11.4 Å². The van der Waals surface area contributed by atoms with Gasteiger partial charge in [-0.1, -0.05) is 0 Å². The van der Waals surface area contributed by atoms with E-state index in [1.807, 2.05) is 6.07 Å². The zero-order valence-corrected chi connectivity index (χ0v) is 9.36. The van der Waals surface area contributed by atoms with E-state index in [1.165, 1.54) is 0 Å². The van der Waals surface area contributed by atoms with E-state index < -0.39 is 0 Å².